The zero-order valence-corrected chi connectivity index (χ0v) is 18.7. The molecule has 2 aromatic heterocycles. The van der Waals surface area contributed by atoms with E-state index in [0.717, 1.165) is 18.4 Å². The fourth-order valence-corrected chi connectivity index (χ4v) is 4.50. The molecular weight excluding hydrogens is 449 g/mol. The van der Waals surface area contributed by atoms with Crippen LogP contribution in [0.3, 0.4) is 0 Å². The summed E-state index contributed by atoms with van der Waals surface area (Å²) in [6.07, 6.45) is 8.44. The fraction of sp³-hybridized carbons (Fsp3) is 0.192. The van der Waals surface area contributed by atoms with Crippen LogP contribution in [0.15, 0.2) is 54.7 Å². The first kappa shape index (κ1) is 22.2. The minimum absolute atomic E-state index is 0.121. The van der Waals surface area contributed by atoms with Gasteiger partial charge in [-0.25, -0.2) is 8.91 Å². The minimum atomic E-state index is -0.623. The number of imidazole rings is 1. The van der Waals surface area contributed by atoms with Crippen LogP contribution in [0, 0.1) is 18.2 Å². The molecule has 35 heavy (non-hydrogen) atoms. The monoisotopic (exact) mass is 471 g/mol. The smallest absolute Gasteiger partial charge is 0.298 e. The summed E-state index contributed by atoms with van der Waals surface area (Å²) in [5.74, 6) is 1.50. The lowest BCUT2D eigenvalue weighted by molar-refractivity contribution is -0.126. The van der Waals surface area contributed by atoms with Crippen LogP contribution in [-0.4, -0.2) is 44.4 Å². The number of nitrogens with zero attached hydrogens (tertiary/aromatic N) is 3. The Hall–Kier alpha value is -4.58. The summed E-state index contributed by atoms with van der Waals surface area (Å²) in [5.41, 5.74) is 8.81. The third kappa shape index (κ3) is 4.10. The third-order valence-electron chi connectivity index (χ3n) is 6.28. The second-order valence-electron chi connectivity index (χ2n) is 8.34. The van der Waals surface area contributed by atoms with Crippen molar-refractivity contribution in [1.82, 2.24) is 19.5 Å². The summed E-state index contributed by atoms with van der Waals surface area (Å²) < 4.78 is 21.0. The molecule has 8 nitrogen and oxygen atoms in total. The Balaban J connectivity index is 1.44. The van der Waals surface area contributed by atoms with Gasteiger partial charge in [-0.15, -0.1) is 6.42 Å². The number of amides is 2. The lowest BCUT2D eigenvalue weighted by atomic mass is 9.91. The molecule has 2 aromatic carbocycles. The summed E-state index contributed by atoms with van der Waals surface area (Å²) >= 11 is 0. The molecule has 1 saturated heterocycles. The number of likely N-dealkylation sites (tertiary alicyclic amines) is 1. The Kier molecular flexibility index (Phi) is 5.71. The van der Waals surface area contributed by atoms with Crippen molar-refractivity contribution in [3.63, 3.8) is 0 Å². The highest BCUT2D eigenvalue weighted by Gasteiger charge is 2.28. The van der Waals surface area contributed by atoms with E-state index in [2.05, 4.69) is 16.0 Å². The third-order valence-corrected chi connectivity index (χ3v) is 6.28. The van der Waals surface area contributed by atoms with Crippen LogP contribution in [0.1, 0.15) is 34.8 Å². The van der Waals surface area contributed by atoms with Crippen LogP contribution in [0.25, 0.3) is 16.9 Å². The molecule has 0 saturated carbocycles. The number of hydrogen-bond acceptors (Lipinski definition) is 4. The Morgan fingerprint density at radius 1 is 1.14 bits per heavy atom. The van der Waals surface area contributed by atoms with E-state index in [1.807, 2.05) is 0 Å². The number of carbonyl (C=O) groups excluding carboxylic acids is 2. The Labute approximate surface area is 200 Å². The summed E-state index contributed by atoms with van der Waals surface area (Å²) in [4.78, 5) is 29.1. The van der Waals surface area contributed by atoms with Crippen LogP contribution >= 0.6 is 0 Å². The van der Waals surface area contributed by atoms with E-state index in [1.165, 1.54) is 10.6 Å². The molecule has 176 valence electrons. The van der Waals surface area contributed by atoms with Crippen LogP contribution < -0.4 is 10.5 Å². The number of benzene rings is 2. The number of rotatable bonds is 5. The van der Waals surface area contributed by atoms with Gasteiger partial charge in [-0.2, -0.15) is 5.10 Å². The van der Waals surface area contributed by atoms with Crippen LogP contribution in [0.2, 0.25) is 0 Å². The largest absolute Gasteiger partial charge is 0.454 e. The second-order valence-corrected chi connectivity index (χ2v) is 8.34. The molecular formula is C26H22FN5O3. The zero-order chi connectivity index (χ0) is 24.5. The standard InChI is InChI=1S/C26H22FN5O3/c1-2-22(33)31-13-11-16(12-14-31)19-15-29-32-24(25(28)34)23(30-26(19)32)17-7-9-18(10-8-17)35-21-6-4-3-5-20(21)27/h1,3-10,15-16,30H,11-14H2,(H2,28,34). The van der Waals surface area contributed by atoms with Crippen molar-refractivity contribution in [3.8, 4) is 35.1 Å². The molecule has 1 fully saturated rings. The summed E-state index contributed by atoms with van der Waals surface area (Å²) in [5, 5.41) is 4.42. The topological polar surface area (TPSA) is 106 Å². The highest BCUT2D eigenvalue weighted by atomic mass is 19.1. The van der Waals surface area contributed by atoms with Gasteiger partial charge < -0.3 is 20.4 Å². The van der Waals surface area contributed by atoms with Crippen LogP contribution in [0.4, 0.5) is 4.39 Å². The van der Waals surface area contributed by atoms with E-state index < -0.39 is 11.7 Å². The highest BCUT2D eigenvalue weighted by Crippen LogP contribution is 2.34. The summed E-state index contributed by atoms with van der Waals surface area (Å²) in [6, 6.07) is 13.1. The molecule has 1 aliphatic heterocycles. The van der Waals surface area contributed by atoms with Crippen molar-refractivity contribution >= 4 is 17.5 Å². The first-order chi connectivity index (χ1) is 17.0. The van der Waals surface area contributed by atoms with E-state index in [9.17, 15) is 14.0 Å². The van der Waals surface area contributed by atoms with Gasteiger partial charge in [0.05, 0.1) is 11.9 Å². The van der Waals surface area contributed by atoms with Crippen molar-refractivity contribution < 1.29 is 18.7 Å². The van der Waals surface area contributed by atoms with E-state index >= 15 is 0 Å². The number of aromatic nitrogens is 3. The number of terminal acetylenes is 1. The van der Waals surface area contributed by atoms with Crippen molar-refractivity contribution in [2.75, 3.05) is 13.1 Å². The van der Waals surface area contributed by atoms with E-state index in [-0.39, 0.29) is 23.3 Å². The molecule has 0 aliphatic carbocycles. The molecule has 3 N–H and O–H groups in total. The summed E-state index contributed by atoms with van der Waals surface area (Å²) in [7, 11) is 0. The fourth-order valence-electron chi connectivity index (χ4n) is 4.50. The molecule has 4 aromatic rings. The maximum Gasteiger partial charge on any atom is 0.298 e. The predicted octanol–water partition coefficient (Wildman–Crippen LogP) is 3.70. The molecule has 0 bridgehead atoms. The zero-order valence-electron chi connectivity index (χ0n) is 18.7. The Morgan fingerprint density at radius 2 is 1.86 bits per heavy atom. The number of primary amides is 1. The Morgan fingerprint density at radius 3 is 2.51 bits per heavy atom. The van der Waals surface area contributed by atoms with Crippen molar-refractivity contribution in [3.05, 3.63) is 71.8 Å². The molecule has 0 atom stereocenters. The lowest BCUT2D eigenvalue weighted by Gasteiger charge is -2.30. The van der Waals surface area contributed by atoms with E-state index in [0.29, 0.717) is 35.7 Å². The van der Waals surface area contributed by atoms with Gasteiger partial charge in [-0.1, -0.05) is 12.1 Å². The number of carbonyl (C=O) groups is 2. The molecule has 1 aliphatic rings. The average molecular weight is 471 g/mol. The average Bonchev–Trinajstić information content (AvgIpc) is 3.45. The van der Waals surface area contributed by atoms with Crippen LogP contribution in [-0.2, 0) is 4.79 Å². The molecule has 9 heteroatoms. The maximum absolute atomic E-state index is 13.9. The van der Waals surface area contributed by atoms with Gasteiger partial charge in [0.15, 0.2) is 17.3 Å². The van der Waals surface area contributed by atoms with Crippen LogP contribution in [0.5, 0.6) is 11.5 Å². The first-order valence-corrected chi connectivity index (χ1v) is 11.1. The van der Waals surface area contributed by atoms with Crippen molar-refractivity contribution in [2.24, 2.45) is 5.73 Å². The number of nitrogens with two attached hydrogens (primary N) is 1. The van der Waals surface area contributed by atoms with Gasteiger partial charge in [0.25, 0.3) is 11.8 Å². The van der Waals surface area contributed by atoms with E-state index in [1.54, 1.807) is 53.6 Å². The molecule has 2 amide bonds. The number of hydrogen-bond donors (Lipinski definition) is 2. The minimum Gasteiger partial charge on any atom is -0.454 e. The number of halogens is 1. The Bertz CT molecular complexity index is 1460. The SMILES string of the molecule is C#CC(=O)N1CCC(c2cnn3c(C(N)=O)c(-c4ccc(Oc5ccccc5F)cc4)[nH]c23)CC1. The number of H-pyrrole nitrogens is 1. The molecule has 0 spiro atoms. The van der Waals surface area contributed by atoms with Gasteiger partial charge in [0, 0.05) is 24.2 Å². The van der Waals surface area contributed by atoms with Crippen molar-refractivity contribution in [2.45, 2.75) is 18.8 Å². The van der Waals surface area contributed by atoms with Gasteiger partial charge in [-0.05, 0) is 61.1 Å². The normalized spacial score (nSPS) is 14.1. The van der Waals surface area contributed by atoms with Crippen molar-refractivity contribution in [1.29, 1.82) is 0 Å². The molecule has 5 rings (SSSR count). The number of nitrogens with one attached hydrogen (secondary N) is 1. The van der Waals surface area contributed by atoms with Gasteiger partial charge in [0.1, 0.15) is 11.4 Å². The number of para-hydroxylation sites is 1. The molecule has 0 radical (unpaired) electrons. The first-order valence-electron chi connectivity index (χ1n) is 11.1. The van der Waals surface area contributed by atoms with Gasteiger partial charge in [-0.3, -0.25) is 9.59 Å². The number of fused-ring (bicyclic) bond motifs is 1. The second kappa shape index (κ2) is 8.99. The molecule has 3 heterocycles. The molecule has 0 unspecified atom stereocenters. The number of ether oxygens (including phenoxy) is 1. The maximum atomic E-state index is 13.9. The van der Waals surface area contributed by atoms with Gasteiger partial charge >= 0.3 is 0 Å². The number of aromatic amines is 1. The number of piperidine rings is 1. The quantitative estimate of drug-likeness (QED) is 0.433. The highest BCUT2D eigenvalue weighted by molar-refractivity contribution is 5.98. The summed E-state index contributed by atoms with van der Waals surface area (Å²) in [6.45, 7) is 1.12. The van der Waals surface area contributed by atoms with E-state index in [4.69, 9.17) is 16.9 Å². The lowest BCUT2D eigenvalue weighted by Crippen LogP contribution is -2.37. The van der Waals surface area contributed by atoms with Gasteiger partial charge in [0.2, 0.25) is 0 Å². The predicted molar refractivity (Wildman–Crippen MR) is 127 cm³/mol.